The molecule has 0 saturated heterocycles. The van der Waals surface area contributed by atoms with E-state index in [0.29, 0.717) is 13.0 Å². The van der Waals surface area contributed by atoms with Gasteiger partial charge >= 0.3 is 0 Å². The van der Waals surface area contributed by atoms with Crippen molar-refractivity contribution in [3.8, 4) is 11.4 Å². The molecule has 0 aliphatic rings. The predicted molar refractivity (Wildman–Crippen MR) is 91.8 cm³/mol. The molecule has 1 N–H and O–H groups in total. The van der Waals surface area contributed by atoms with Gasteiger partial charge in [-0.05, 0) is 27.0 Å². The molecule has 5 nitrogen and oxygen atoms in total. The summed E-state index contributed by atoms with van der Waals surface area (Å²) in [5.74, 6) is 0.786. The summed E-state index contributed by atoms with van der Waals surface area (Å²) in [6, 6.07) is 8.31. The number of nitrogens with zero attached hydrogens (tertiary/aromatic N) is 3. The molecule has 0 aliphatic carbocycles. The minimum atomic E-state index is 0.0513. The molecule has 1 aromatic carbocycles. The first-order valence-corrected chi connectivity index (χ1v) is 7.78. The maximum Gasteiger partial charge on any atom is 0.221 e. The van der Waals surface area contributed by atoms with Gasteiger partial charge in [-0.25, -0.2) is 9.97 Å². The Balaban J connectivity index is 2.01. The molecule has 1 heterocycles. The third-order valence-corrected chi connectivity index (χ3v) is 3.93. The normalized spacial score (nSPS) is 12.2. The molecule has 23 heavy (non-hydrogen) atoms. The second-order valence-electron chi connectivity index (χ2n) is 5.93. The minimum absolute atomic E-state index is 0.0513. The van der Waals surface area contributed by atoms with E-state index in [1.165, 1.54) is 5.56 Å². The molecular formula is C18H24N4O. The molecular weight excluding hydrogens is 288 g/mol. The highest BCUT2D eigenvalue weighted by atomic mass is 16.1. The monoisotopic (exact) mass is 312 g/mol. The third kappa shape index (κ3) is 4.86. The van der Waals surface area contributed by atoms with Gasteiger partial charge in [0.05, 0.1) is 0 Å². The van der Waals surface area contributed by atoms with Crippen LogP contribution in [0.2, 0.25) is 0 Å². The van der Waals surface area contributed by atoms with Gasteiger partial charge < -0.3 is 5.32 Å². The van der Waals surface area contributed by atoms with Crippen LogP contribution in [-0.2, 0) is 11.3 Å². The maximum atomic E-state index is 11.4. The number of hydrogen-bond acceptors (Lipinski definition) is 4. The molecule has 122 valence electrons. The van der Waals surface area contributed by atoms with Crippen LogP contribution in [0.3, 0.4) is 0 Å². The molecule has 0 fully saturated rings. The van der Waals surface area contributed by atoms with Gasteiger partial charge in [0.2, 0.25) is 5.91 Å². The number of hydrogen-bond donors (Lipinski definition) is 1. The van der Waals surface area contributed by atoms with Crippen molar-refractivity contribution in [2.75, 3.05) is 14.1 Å². The summed E-state index contributed by atoms with van der Waals surface area (Å²) in [4.78, 5) is 22.5. The van der Waals surface area contributed by atoms with Crippen LogP contribution >= 0.6 is 0 Å². The number of nitrogens with one attached hydrogen (secondary N) is 1. The van der Waals surface area contributed by atoms with Crippen LogP contribution in [0.1, 0.15) is 24.5 Å². The molecule has 1 aromatic heterocycles. The Hall–Kier alpha value is -2.27. The van der Waals surface area contributed by atoms with Crippen molar-refractivity contribution in [3.05, 3.63) is 47.8 Å². The van der Waals surface area contributed by atoms with Crippen LogP contribution in [0, 0.1) is 6.92 Å². The summed E-state index contributed by atoms with van der Waals surface area (Å²) < 4.78 is 0. The van der Waals surface area contributed by atoms with Gasteiger partial charge in [-0.15, -0.1) is 0 Å². The number of aromatic nitrogens is 2. The number of carbonyl (C=O) groups excluding carboxylic acids is 1. The molecule has 1 atom stereocenters. The van der Waals surface area contributed by atoms with Crippen LogP contribution in [-0.4, -0.2) is 40.9 Å². The number of carbonyl (C=O) groups is 1. The van der Waals surface area contributed by atoms with E-state index in [2.05, 4.69) is 39.2 Å². The fraction of sp³-hybridized carbons (Fsp3) is 0.389. The molecule has 1 amide bonds. The van der Waals surface area contributed by atoms with Crippen LogP contribution in [0.15, 0.2) is 36.7 Å². The average Bonchev–Trinajstić information content (AvgIpc) is 2.55. The molecule has 5 heteroatoms. The van der Waals surface area contributed by atoms with Crippen molar-refractivity contribution < 1.29 is 4.79 Å². The minimum Gasteiger partial charge on any atom is -0.359 e. The Morgan fingerprint density at radius 1 is 1.30 bits per heavy atom. The third-order valence-electron chi connectivity index (χ3n) is 3.93. The standard InChI is InChI=1S/C18H24N4O/c1-13-6-5-7-16(8-13)18-20-10-15(11-21-18)12-22(4)14(2)9-17(23)19-3/h5-8,10-11,14H,9,12H2,1-4H3,(H,19,23)/t14-/m1/s1. The van der Waals surface area contributed by atoms with Crippen molar-refractivity contribution >= 4 is 5.91 Å². The van der Waals surface area contributed by atoms with E-state index in [0.717, 1.165) is 17.0 Å². The molecule has 0 saturated carbocycles. The second kappa shape index (κ2) is 7.83. The molecule has 0 spiro atoms. The van der Waals surface area contributed by atoms with Crippen LogP contribution in [0.25, 0.3) is 11.4 Å². The van der Waals surface area contributed by atoms with Crippen LogP contribution in [0.4, 0.5) is 0 Å². The lowest BCUT2D eigenvalue weighted by Gasteiger charge is -2.23. The van der Waals surface area contributed by atoms with Gasteiger partial charge in [-0.2, -0.15) is 0 Å². The van der Waals surface area contributed by atoms with Crippen LogP contribution < -0.4 is 5.32 Å². The van der Waals surface area contributed by atoms with E-state index < -0.39 is 0 Å². The SMILES string of the molecule is CNC(=O)C[C@@H](C)N(C)Cc1cnc(-c2cccc(C)c2)nc1. The fourth-order valence-corrected chi connectivity index (χ4v) is 2.34. The van der Waals surface area contributed by atoms with Gasteiger partial charge in [-0.1, -0.05) is 23.8 Å². The Morgan fingerprint density at radius 2 is 2.00 bits per heavy atom. The van der Waals surface area contributed by atoms with E-state index in [-0.39, 0.29) is 11.9 Å². The predicted octanol–water partition coefficient (Wildman–Crippen LogP) is 2.41. The van der Waals surface area contributed by atoms with E-state index >= 15 is 0 Å². The number of aryl methyl sites for hydroxylation is 1. The molecule has 2 aromatic rings. The van der Waals surface area contributed by atoms with Gasteiger partial charge in [0.15, 0.2) is 5.82 Å². The van der Waals surface area contributed by atoms with Gasteiger partial charge in [0.1, 0.15) is 0 Å². The highest BCUT2D eigenvalue weighted by Crippen LogP contribution is 2.16. The Bertz CT molecular complexity index is 654. The van der Waals surface area contributed by atoms with E-state index in [9.17, 15) is 4.79 Å². The molecule has 2 rings (SSSR count). The second-order valence-corrected chi connectivity index (χ2v) is 5.93. The summed E-state index contributed by atoms with van der Waals surface area (Å²) in [6.45, 7) is 4.81. The summed E-state index contributed by atoms with van der Waals surface area (Å²) in [6.07, 6.45) is 4.19. The van der Waals surface area contributed by atoms with Crippen LogP contribution in [0.5, 0.6) is 0 Å². The van der Waals surface area contributed by atoms with Gasteiger partial charge in [0, 0.05) is 49.6 Å². The smallest absolute Gasteiger partial charge is 0.221 e. The van der Waals surface area contributed by atoms with Crippen molar-refractivity contribution in [2.45, 2.75) is 32.9 Å². The lowest BCUT2D eigenvalue weighted by molar-refractivity contribution is -0.121. The average molecular weight is 312 g/mol. The zero-order valence-corrected chi connectivity index (χ0v) is 14.2. The summed E-state index contributed by atoms with van der Waals surface area (Å²) in [5.41, 5.74) is 3.25. The lowest BCUT2D eigenvalue weighted by atomic mass is 10.1. The first kappa shape index (κ1) is 17.1. The highest BCUT2D eigenvalue weighted by molar-refractivity contribution is 5.76. The maximum absolute atomic E-state index is 11.4. The van der Waals surface area contributed by atoms with Gasteiger partial charge in [0.25, 0.3) is 0 Å². The Morgan fingerprint density at radius 3 is 2.61 bits per heavy atom. The first-order chi connectivity index (χ1) is 11.0. The van der Waals surface area contributed by atoms with Crippen molar-refractivity contribution in [1.82, 2.24) is 20.2 Å². The molecule has 0 bridgehead atoms. The van der Waals surface area contributed by atoms with E-state index in [4.69, 9.17) is 0 Å². The zero-order valence-electron chi connectivity index (χ0n) is 14.2. The molecule has 0 aliphatic heterocycles. The van der Waals surface area contributed by atoms with E-state index in [1.807, 2.05) is 38.5 Å². The quantitative estimate of drug-likeness (QED) is 0.890. The summed E-state index contributed by atoms with van der Waals surface area (Å²) in [5, 5.41) is 2.65. The van der Waals surface area contributed by atoms with Gasteiger partial charge in [-0.3, -0.25) is 9.69 Å². The fourth-order valence-electron chi connectivity index (χ4n) is 2.34. The summed E-state index contributed by atoms with van der Waals surface area (Å²) >= 11 is 0. The van der Waals surface area contributed by atoms with Crippen molar-refractivity contribution in [3.63, 3.8) is 0 Å². The molecule has 0 radical (unpaired) electrons. The number of rotatable bonds is 6. The Kier molecular flexibility index (Phi) is 5.82. The molecule has 0 unspecified atom stereocenters. The largest absolute Gasteiger partial charge is 0.359 e. The topological polar surface area (TPSA) is 58.1 Å². The lowest BCUT2D eigenvalue weighted by Crippen LogP contribution is -2.33. The van der Waals surface area contributed by atoms with E-state index in [1.54, 1.807) is 7.05 Å². The summed E-state index contributed by atoms with van der Waals surface area (Å²) in [7, 11) is 3.66. The Labute approximate surface area is 137 Å². The van der Waals surface area contributed by atoms with Crippen molar-refractivity contribution in [1.29, 1.82) is 0 Å². The number of amides is 1. The van der Waals surface area contributed by atoms with Crippen molar-refractivity contribution in [2.24, 2.45) is 0 Å². The highest BCUT2D eigenvalue weighted by Gasteiger charge is 2.13. The first-order valence-electron chi connectivity index (χ1n) is 7.78. The number of benzene rings is 1. The zero-order chi connectivity index (χ0) is 16.8.